The Kier molecular flexibility index (Phi) is 3.54. The summed E-state index contributed by atoms with van der Waals surface area (Å²) in [7, 11) is 0. The van der Waals surface area contributed by atoms with E-state index >= 15 is 0 Å². The van der Waals surface area contributed by atoms with Crippen LogP contribution in [0.15, 0.2) is 30.6 Å². The van der Waals surface area contributed by atoms with Crippen LogP contribution < -0.4 is 5.32 Å². The third kappa shape index (κ3) is 3.14. The lowest BCUT2D eigenvalue weighted by Crippen LogP contribution is -2.11. The highest BCUT2D eigenvalue weighted by Crippen LogP contribution is 2.19. The van der Waals surface area contributed by atoms with Crippen molar-refractivity contribution in [1.29, 1.82) is 0 Å². The van der Waals surface area contributed by atoms with Crippen LogP contribution in [0.25, 0.3) is 11.4 Å². The molecule has 5 heteroatoms. The highest BCUT2D eigenvalue weighted by Gasteiger charge is 2.06. The van der Waals surface area contributed by atoms with E-state index in [4.69, 9.17) is 11.6 Å². The molecule has 0 aliphatic carbocycles. The normalized spacial score (nSPS) is 10.6. The molecular weight excluding hydrogens is 236 g/mol. The summed E-state index contributed by atoms with van der Waals surface area (Å²) in [4.78, 5) is 12.6. The van der Waals surface area contributed by atoms with Gasteiger partial charge in [0.05, 0.1) is 0 Å². The van der Waals surface area contributed by atoms with Crippen molar-refractivity contribution < 1.29 is 0 Å². The largest absolute Gasteiger partial charge is 0.368 e. The number of halogens is 1. The third-order valence-electron chi connectivity index (χ3n) is 2.07. The fraction of sp³-hybridized carbons (Fsp3) is 0.250. The monoisotopic (exact) mass is 248 g/mol. The number of nitrogens with one attached hydrogen (secondary N) is 1. The zero-order valence-electron chi connectivity index (χ0n) is 9.68. The standard InChI is InChI=1S/C12H13ClN4/c1-8(2)15-11-7-10(13)16-12(17-11)9-3-5-14-6-4-9/h3-8H,1-2H3,(H,15,16,17). The first-order chi connectivity index (χ1) is 8.15. The van der Waals surface area contributed by atoms with E-state index in [0.29, 0.717) is 17.0 Å². The molecule has 88 valence electrons. The minimum Gasteiger partial charge on any atom is -0.368 e. The van der Waals surface area contributed by atoms with Crippen molar-refractivity contribution in [3.63, 3.8) is 0 Å². The molecule has 0 spiro atoms. The summed E-state index contributed by atoms with van der Waals surface area (Å²) in [5, 5.41) is 3.63. The maximum atomic E-state index is 5.98. The van der Waals surface area contributed by atoms with Gasteiger partial charge >= 0.3 is 0 Å². The molecule has 1 N–H and O–H groups in total. The molecule has 4 nitrogen and oxygen atoms in total. The van der Waals surface area contributed by atoms with Gasteiger partial charge in [-0.15, -0.1) is 0 Å². The maximum Gasteiger partial charge on any atom is 0.163 e. The van der Waals surface area contributed by atoms with E-state index in [9.17, 15) is 0 Å². The van der Waals surface area contributed by atoms with Crippen LogP contribution in [0.2, 0.25) is 5.15 Å². The minimum absolute atomic E-state index is 0.297. The third-order valence-corrected chi connectivity index (χ3v) is 2.26. The van der Waals surface area contributed by atoms with Gasteiger partial charge in [-0.25, -0.2) is 9.97 Å². The maximum absolute atomic E-state index is 5.98. The second-order valence-corrected chi connectivity index (χ2v) is 4.32. The fourth-order valence-electron chi connectivity index (χ4n) is 1.42. The van der Waals surface area contributed by atoms with E-state index in [1.54, 1.807) is 18.5 Å². The van der Waals surface area contributed by atoms with Crippen LogP contribution in [-0.2, 0) is 0 Å². The van der Waals surface area contributed by atoms with Crippen LogP contribution in [0, 0.1) is 0 Å². The number of hydrogen-bond donors (Lipinski definition) is 1. The second-order valence-electron chi connectivity index (χ2n) is 3.93. The molecule has 0 saturated heterocycles. The van der Waals surface area contributed by atoms with Gasteiger partial charge in [-0.1, -0.05) is 11.6 Å². The molecule has 2 rings (SSSR count). The minimum atomic E-state index is 0.297. The molecular formula is C12H13ClN4. The van der Waals surface area contributed by atoms with Crippen molar-refractivity contribution >= 4 is 17.4 Å². The summed E-state index contributed by atoms with van der Waals surface area (Å²) in [6.07, 6.45) is 3.41. The molecule has 0 atom stereocenters. The molecule has 2 heterocycles. The molecule has 17 heavy (non-hydrogen) atoms. The molecule has 0 amide bonds. The summed E-state index contributed by atoms with van der Waals surface area (Å²) in [6, 6.07) is 5.72. The van der Waals surface area contributed by atoms with Gasteiger partial charge in [0.15, 0.2) is 5.82 Å². The molecule has 2 aromatic heterocycles. The lowest BCUT2D eigenvalue weighted by Gasteiger charge is -2.10. The average Bonchev–Trinajstić information content (AvgIpc) is 2.28. The van der Waals surface area contributed by atoms with Crippen LogP contribution in [0.4, 0.5) is 5.82 Å². The highest BCUT2D eigenvalue weighted by atomic mass is 35.5. The van der Waals surface area contributed by atoms with Crippen molar-refractivity contribution in [1.82, 2.24) is 15.0 Å². The molecule has 0 bridgehead atoms. The van der Waals surface area contributed by atoms with Crippen LogP contribution in [-0.4, -0.2) is 21.0 Å². The van der Waals surface area contributed by atoms with E-state index < -0.39 is 0 Å². The highest BCUT2D eigenvalue weighted by molar-refractivity contribution is 6.29. The van der Waals surface area contributed by atoms with Crippen molar-refractivity contribution in [2.45, 2.75) is 19.9 Å². The second kappa shape index (κ2) is 5.10. The summed E-state index contributed by atoms with van der Waals surface area (Å²) in [5.41, 5.74) is 0.898. The van der Waals surface area contributed by atoms with Gasteiger partial charge in [0.2, 0.25) is 0 Å². The van der Waals surface area contributed by atoms with E-state index in [1.807, 2.05) is 26.0 Å². The van der Waals surface area contributed by atoms with Gasteiger partial charge < -0.3 is 5.32 Å². The van der Waals surface area contributed by atoms with Crippen LogP contribution >= 0.6 is 11.6 Å². The van der Waals surface area contributed by atoms with Crippen molar-refractivity contribution in [3.8, 4) is 11.4 Å². The lowest BCUT2D eigenvalue weighted by molar-refractivity contribution is 0.887. The van der Waals surface area contributed by atoms with Gasteiger partial charge in [-0.2, -0.15) is 0 Å². The smallest absolute Gasteiger partial charge is 0.163 e. The molecule has 0 aromatic carbocycles. The summed E-state index contributed by atoms with van der Waals surface area (Å²) in [6.45, 7) is 4.09. The Bertz CT molecular complexity index is 499. The quantitative estimate of drug-likeness (QED) is 0.849. The van der Waals surface area contributed by atoms with Gasteiger partial charge in [0.1, 0.15) is 11.0 Å². The zero-order chi connectivity index (χ0) is 12.3. The number of rotatable bonds is 3. The molecule has 0 unspecified atom stereocenters. The van der Waals surface area contributed by atoms with Crippen LogP contribution in [0.3, 0.4) is 0 Å². The van der Waals surface area contributed by atoms with Crippen LogP contribution in [0.5, 0.6) is 0 Å². The Hall–Kier alpha value is -1.68. The van der Waals surface area contributed by atoms with Gasteiger partial charge in [0, 0.05) is 30.1 Å². The van der Waals surface area contributed by atoms with Crippen molar-refractivity contribution in [2.75, 3.05) is 5.32 Å². The number of pyridine rings is 1. The number of aromatic nitrogens is 3. The molecule has 0 saturated carbocycles. The van der Waals surface area contributed by atoms with Gasteiger partial charge in [0.25, 0.3) is 0 Å². The molecule has 0 aliphatic heterocycles. The van der Waals surface area contributed by atoms with Crippen LogP contribution in [0.1, 0.15) is 13.8 Å². The predicted octanol–water partition coefficient (Wildman–Crippen LogP) is 3.01. The molecule has 2 aromatic rings. The first kappa shape index (κ1) is 11.8. The Labute approximate surface area is 105 Å². The SMILES string of the molecule is CC(C)Nc1cc(Cl)nc(-c2ccncc2)n1. The number of anilines is 1. The van der Waals surface area contributed by atoms with E-state index in [0.717, 1.165) is 11.4 Å². The van der Waals surface area contributed by atoms with E-state index in [2.05, 4.69) is 20.3 Å². The van der Waals surface area contributed by atoms with E-state index in [1.165, 1.54) is 0 Å². The van der Waals surface area contributed by atoms with Gasteiger partial charge in [-0.3, -0.25) is 4.98 Å². The predicted molar refractivity (Wildman–Crippen MR) is 69.0 cm³/mol. The number of hydrogen-bond acceptors (Lipinski definition) is 4. The Morgan fingerprint density at radius 3 is 2.53 bits per heavy atom. The van der Waals surface area contributed by atoms with E-state index in [-0.39, 0.29) is 0 Å². The fourth-order valence-corrected chi connectivity index (χ4v) is 1.60. The van der Waals surface area contributed by atoms with Gasteiger partial charge in [-0.05, 0) is 26.0 Å². The zero-order valence-corrected chi connectivity index (χ0v) is 10.4. The summed E-state index contributed by atoms with van der Waals surface area (Å²) >= 11 is 5.98. The summed E-state index contributed by atoms with van der Waals surface area (Å²) in [5.74, 6) is 1.33. The Morgan fingerprint density at radius 1 is 1.18 bits per heavy atom. The van der Waals surface area contributed by atoms with Crippen molar-refractivity contribution in [3.05, 3.63) is 35.7 Å². The van der Waals surface area contributed by atoms with Crippen molar-refractivity contribution in [2.24, 2.45) is 0 Å². The molecule has 0 radical (unpaired) electrons. The average molecular weight is 249 g/mol. The summed E-state index contributed by atoms with van der Waals surface area (Å²) < 4.78 is 0. The molecule has 0 aliphatic rings. The molecule has 0 fully saturated rings. The lowest BCUT2D eigenvalue weighted by atomic mass is 10.2. The Balaban J connectivity index is 2.38. The first-order valence-electron chi connectivity index (χ1n) is 5.36. The number of nitrogens with zero attached hydrogens (tertiary/aromatic N) is 3. The first-order valence-corrected chi connectivity index (χ1v) is 5.74. The Morgan fingerprint density at radius 2 is 1.88 bits per heavy atom. The topological polar surface area (TPSA) is 50.7 Å².